The van der Waals surface area contributed by atoms with Crippen molar-refractivity contribution in [3.05, 3.63) is 12.7 Å². The first-order valence-electron chi connectivity index (χ1n) is 7.19. The largest absolute Gasteiger partial charge is 0.444 e. The van der Waals surface area contributed by atoms with E-state index in [1.54, 1.807) is 0 Å². The second-order valence-electron chi connectivity index (χ2n) is 6.18. The number of carbonyl (C=O) groups excluding carboxylic acids is 2. The SMILES string of the molecule is C=CC1CC(=O)N(CCCCNC(=O)OC(C)(C)C)C1. The molecular formula is C15H26N2O3. The van der Waals surface area contributed by atoms with Gasteiger partial charge in [-0.05, 0) is 33.6 Å². The van der Waals surface area contributed by atoms with E-state index in [2.05, 4.69) is 11.9 Å². The molecule has 0 aromatic carbocycles. The van der Waals surface area contributed by atoms with Crippen molar-refractivity contribution in [1.82, 2.24) is 10.2 Å². The summed E-state index contributed by atoms with van der Waals surface area (Å²) in [5, 5.41) is 2.71. The Morgan fingerprint density at radius 3 is 2.75 bits per heavy atom. The summed E-state index contributed by atoms with van der Waals surface area (Å²) < 4.78 is 5.14. The molecule has 0 bridgehead atoms. The van der Waals surface area contributed by atoms with E-state index in [-0.39, 0.29) is 12.0 Å². The molecule has 2 amide bonds. The van der Waals surface area contributed by atoms with E-state index in [0.717, 1.165) is 25.9 Å². The average molecular weight is 282 g/mol. The summed E-state index contributed by atoms with van der Waals surface area (Å²) in [5.41, 5.74) is -0.467. The van der Waals surface area contributed by atoms with Gasteiger partial charge in [0.1, 0.15) is 5.60 Å². The first-order chi connectivity index (χ1) is 9.31. The van der Waals surface area contributed by atoms with Crippen LogP contribution in [0.25, 0.3) is 0 Å². The van der Waals surface area contributed by atoms with Crippen LogP contribution in [0, 0.1) is 5.92 Å². The highest BCUT2D eigenvalue weighted by Gasteiger charge is 2.26. The summed E-state index contributed by atoms with van der Waals surface area (Å²) in [5.74, 6) is 0.498. The Balaban J connectivity index is 2.09. The summed E-state index contributed by atoms with van der Waals surface area (Å²) in [4.78, 5) is 24.9. The lowest BCUT2D eigenvalue weighted by molar-refractivity contribution is -0.127. The zero-order valence-electron chi connectivity index (χ0n) is 12.8. The lowest BCUT2D eigenvalue weighted by Gasteiger charge is -2.20. The van der Waals surface area contributed by atoms with Crippen LogP contribution in [0.15, 0.2) is 12.7 Å². The van der Waals surface area contributed by atoms with Crippen LogP contribution in [0.2, 0.25) is 0 Å². The van der Waals surface area contributed by atoms with Crippen LogP contribution in [0.5, 0.6) is 0 Å². The van der Waals surface area contributed by atoms with Crippen molar-refractivity contribution in [2.45, 2.75) is 45.6 Å². The summed E-state index contributed by atoms with van der Waals surface area (Å²) in [6.07, 6.45) is 3.76. The highest BCUT2D eigenvalue weighted by molar-refractivity contribution is 5.78. The van der Waals surface area contributed by atoms with Crippen LogP contribution in [-0.4, -0.2) is 42.1 Å². The topological polar surface area (TPSA) is 58.6 Å². The van der Waals surface area contributed by atoms with E-state index >= 15 is 0 Å². The van der Waals surface area contributed by atoms with Crippen LogP contribution in [0.1, 0.15) is 40.0 Å². The molecule has 114 valence electrons. The van der Waals surface area contributed by atoms with Crippen molar-refractivity contribution in [3.8, 4) is 0 Å². The highest BCUT2D eigenvalue weighted by atomic mass is 16.6. The fraction of sp³-hybridized carbons (Fsp3) is 0.733. The fourth-order valence-corrected chi connectivity index (χ4v) is 2.11. The number of unbranched alkanes of at least 4 members (excludes halogenated alkanes) is 1. The number of carbonyl (C=O) groups is 2. The molecule has 5 nitrogen and oxygen atoms in total. The minimum Gasteiger partial charge on any atom is -0.444 e. The third-order valence-electron chi connectivity index (χ3n) is 3.10. The van der Waals surface area contributed by atoms with Gasteiger partial charge < -0.3 is 15.0 Å². The predicted octanol–water partition coefficient (Wildman–Crippen LogP) is 2.33. The molecule has 0 aromatic rings. The Labute approximate surface area is 121 Å². The molecule has 1 fully saturated rings. The fourth-order valence-electron chi connectivity index (χ4n) is 2.11. The van der Waals surface area contributed by atoms with Crippen LogP contribution in [0.4, 0.5) is 4.79 Å². The van der Waals surface area contributed by atoms with Crippen molar-refractivity contribution in [2.75, 3.05) is 19.6 Å². The molecule has 1 aliphatic rings. The first kappa shape index (κ1) is 16.5. The van der Waals surface area contributed by atoms with Gasteiger partial charge in [0.25, 0.3) is 0 Å². The highest BCUT2D eigenvalue weighted by Crippen LogP contribution is 2.18. The van der Waals surface area contributed by atoms with E-state index < -0.39 is 5.60 Å². The van der Waals surface area contributed by atoms with Gasteiger partial charge in [-0.25, -0.2) is 4.79 Å². The molecule has 5 heteroatoms. The summed E-state index contributed by atoms with van der Waals surface area (Å²) in [6.45, 7) is 11.3. The molecule has 1 unspecified atom stereocenters. The summed E-state index contributed by atoms with van der Waals surface area (Å²) >= 11 is 0. The van der Waals surface area contributed by atoms with Gasteiger partial charge >= 0.3 is 6.09 Å². The van der Waals surface area contributed by atoms with Gasteiger partial charge in [-0.3, -0.25) is 4.79 Å². The van der Waals surface area contributed by atoms with Crippen LogP contribution in [-0.2, 0) is 9.53 Å². The number of hydrogen-bond donors (Lipinski definition) is 1. The maximum Gasteiger partial charge on any atom is 0.407 e. The van der Waals surface area contributed by atoms with Gasteiger partial charge in [0.05, 0.1) is 0 Å². The maximum atomic E-state index is 11.7. The smallest absolute Gasteiger partial charge is 0.407 e. The summed E-state index contributed by atoms with van der Waals surface area (Å²) in [7, 11) is 0. The number of hydrogen-bond acceptors (Lipinski definition) is 3. The number of rotatable bonds is 6. The van der Waals surface area contributed by atoms with Gasteiger partial charge in [0, 0.05) is 32.0 Å². The van der Waals surface area contributed by atoms with Crippen molar-refractivity contribution in [1.29, 1.82) is 0 Å². The molecular weight excluding hydrogens is 256 g/mol. The van der Waals surface area contributed by atoms with Crippen molar-refractivity contribution in [2.24, 2.45) is 5.92 Å². The maximum absolute atomic E-state index is 11.7. The van der Waals surface area contributed by atoms with Gasteiger partial charge in [0.15, 0.2) is 0 Å². The Bertz CT molecular complexity index is 361. The standard InChI is InChI=1S/C15H26N2O3/c1-5-12-10-13(18)17(11-12)9-7-6-8-16-14(19)20-15(2,3)4/h5,12H,1,6-11H2,2-4H3,(H,16,19). The zero-order chi connectivity index (χ0) is 15.2. The lowest BCUT2D eigenvalue weighted by Crippen LogP contribution is -2.33. The molecule has 0 spiro atoms. The van der Waals surface area contributed by atoms with Crippen LogP contribution >= 0.6 is 0 Å². The number of nitrogens with one attached hydrogen (secondary N) is 1. The molecule has 20 heavy (non-hydrogen) atoms. The Hall–Kier alpha value is -1.52. The zero-order valence-corrected chi connectivity index (χ0v) is 12.8. The van der Waals surface area contributed by atoms with Gasteiger partial charge in [-0.2, -0.15) is 0 Å². The molecule has 0 aliphatic carbocycles. The Kier molecular flexibility index (Phi) is 6.05. The molecule has 0 saturated carbocycles. The monoisotopic (exact) mass is 282 g/mol. The quantitative estimate of drug-likeness (QED) is 0.601. The predicted molar refractivity (Wildman–Crippen MR) is 78.4 cm³/mol. The van der Waals surface area contributed by atoms with Crippen molar-refractivity contribution < 1.29 is 14.3 Å². The molecule has 0 aromatic heterocycles. The normalized spacial score (nSPS) is 19.1. The minimum absolute atomic E-state index is 0.204. The summed E-state index contributed by atoms with van der Waals surface area (Å²) in [6, 6.07) is 0. The van der Waals surface area contributed by atoms with Gasteiger partial charge in [-0.15, -0.1) is 6.58 Å². The second kappa shape index (κ2) is 7.31. The molecule has 1 heterocycles. The molecule has 0 radical (unpaired) electrons. The Morgan fingerprint density at radius 1 is 1.50 bits per heavy atom. The Morgan fingerprint density at radius 2 is 2.20 bits per heavy atom. The van der Waals surface area contributed by atoms with Crippen LogP contribution in [0.3, 0.4) is 0 Å². The second-order valence-corrected chi connectivity index (χ2v) is 6.18. The van der Waals surface area contributed by atoms with Crippen molar-refractivity contribution >= 4 is 12.0 Å². The number of likely N-dealkylation sites (tertiary alicyclic amines) is 1. The third-order valence-corrected chi connectivity index (χ3v) is 3.10. The third kappa shape index (κ3) is 6.08. The molecule has 1 N–H and O–H groups in total. The lowest BCUT2D eigenvalue weighted by atomic mass is 10.1. The van der Waals surface area contributed by atoms with Crippen LogP contribution < -0.4 is 5.32 Å². The van der Waals surface area contributed by atoms with Crippen molar-refractivity contribution in [3.63, 3.8) is 0 Å². The number of nitrogens with zero attached hydrogens (tertiary/aromatic N) is 1. The van der Waals surface area contributed by atoms with E-state index in [9.17, 15) is 9.59 Å². The van der Waals surface area contributed by atoms with E-state index in [4.69, 9.17) is 4.74 Å². The van der Waals surface area contributed by atoms with E-state index in [0.29, 0.717) is 18.9 Å². The number of alkyl carbamates (subject to hydrolysis) is 1. The molecule has 1 saturated heterocycles. The first-order valence-corrected chi connectivity index (χ1v) is 7.19. The van der Waals surface area contributed by atoms with E-state index in [1.807, 2.05) is 31.7 Å². The molecule has 1 atom stereocenters. The average Bonchev–Trinajstić information content (AvgIpc) is 2.67. The number of amides is 2. The minimum atomic E-state index is -0.467. The molecule has 1 aliphatic heterocycles. The number of ether oxygens (including phenoxy) is 1. The van der Waals surface area contributed by atoms with Gasteiger partial charge in [0.2, 0.25) is 5.91 Å². The van der Waals surface area contributed by atoms with Gasteiger partial charge in [-0.1, -0.05) is 6.08 Å². The van der Waals surface area contributed by atoms with E-state index in [1.165, 1.54) is 0 Å². The molecule has 1 rings (SSSR count).